The number of thiophene rings is 1. The molecule has 1 aliphatic carbocycles. The molecule has 2 aromatic rings. The Kier molecular flexibility index (Phi) is 4.97. The lowest BCUT2D eigenvalue weighted by Gasteiger charge is -2.33. The number of fused-ring (bicyclic) bond motifs is 1. The van der Waals surface area contributed by atoms with Crippen LogP contribution in [0.1, 0.15) is 64.1 Å². The lowest BCUT2D eigenvalue weighted by Crippen LogP contribution is -2.26. The van der Waals surface area contributed by atoms with Gasteiger partial charge in [0.15, 0.2) is 0 Å². The van der Waals surface area contributed by atoms with E-state index in [1.165, 1.54) is 29.6 Å². The first kappa shape index (κ1) is 18.7. The number of carbonyl (C=O) groups is 2. The van der Waals surface area contributed by atoms with Gasteiger partial charge in [-0.25, -0.2) is 4.79 Å². The molecule has 1 atom stereocenters. The highest BCUT2D eigenvalue weighted by molar-refractivity contribution is 7.17. The van der Waals surface area contributed by atoms with Gasteiger partial charge in [0, 0.05) is 4.88 Å². The minimum absolute atomic E-state index is 0.213. The topological polar surface area (TPSA) is 68.5 Å². The fourth-order valence-corrected chi connectivity index (χ4v) is 4.83. The van der Waals surface area contributed by atoms with Crippen LogP contribution in [0.2, 0.25) is 0 Å². The monoisotopic (exact) mass is 375 g/mol. The zero-order valence-electron chi connectivity index (χ0n) is 15.9. The van der Waals surface area contributed by atoms with Gasteiger partial charge in [-0.1, -0.05) is 20.8 Å². The summed E-state index contributed by atoms with van der Waals surface area (Å²) in [5.41, 5.74) is 2.22. The summed E-state index contributed by atoms with van der Waals surface area (Å²) >= 11 is 1.49. The van der Waals surface area contributed by atoms with Crippen molar-refractivity contribution in [2.45, 2.75) is 47.0 Å². The first-order chi connectivity index (χ1) is 12.2. The molecule has 2 heterocycles. The standard InChI is InChI=1S/C20H25NO4S/c1-11-13(8-9-25-11)17(22)21-18-16(19(23)24-5)14-7-6-12(20(2,3)4)10-15(14)26-18/h8-9,12H,6-7,10H2,1-5H3,(H,21,22). The van der Waals surface area contributed by atoms with Gasteiger partial charge in [-0.2, -0.15) is 0 Å². The molecule has 1 unspecified atom stereocenters. The molecule has 1 amide bonds. The SMILES string of the molecule is COC(=O)c1c(NC(=O)c2ccoc2C)sc2c1CCC(C(C)(C)C)C2. The van der Waals surface area contributed by atoms with Crippen LogP contribution in [-0.4, -0.2) is 19.0 Å². The van der Waals surface area contributed by atoms with Crippen LogP contribution in [0.15, 0.2) is 16.7 Å². The summed E-state index contributed by atoms with van der Waals surface area (Å²) in [6.07, 6.45) is 4.28. The number of nitrogens with one attached hydrogen (secondary N) is 1. The van der Waals surface area contributed by atoms with Gasteiger partial charge in [-0.3, -0.25) is 4.79 Å². The molecule has 26 heavy (non-hydrogen) atoms. The van der Waals surface area contributed by atoms with Crippen LogP contribution in [0.5, 0.6) is 0 Å². The molecular weight excluding hydrogens is 350 g/mol. The molecule has 3 rings (SSSR count). The van der Waals surface area contributed by atoms with E-state index in [1.807, 2.05) is 0 Å². The van der Waals surface area contributed by atoms with Crippen molar-refractivity contribution in [2.24, 2.45) is 11.3 Å². The van der Waals surface area contributed by atoms with E-state index in [9.17, 15) is 9.59 Å². The zero-order valence-corrected chi connectivity index (χ0v) is 16.7. The number of amides is 1. The molecule has 0 saturated heterocycles. The Morgan fingerprint density at radius 3 is 2.65 bits per heavy atom. The molecule has 0 bridgehead atoms. The average molecular weight is 375 g/mol. The Hall–Kier alpha value is -2.08. The smallest absolute Gasteiger partial charge is 0.341 e. The Morgan fingerprint density at radius 2 is 2.08 bits per heavy atom. The normalized spacial score (nSPS) is 16.9. The molecule has 0 aliphatic heterocycles. The number of hydrogen-bond donors (Lipinski definition) is 1. The van der Waals surface area contributed by atoms with E-state index in [0.29, 0.717) is 27.8 Å². The second-order valence-corrected chi connectivity index (χ2v) is 8.96. The number of esters is 1. The Balaban J connectivity index is 1.95. The van der Waals surface area contributed by atoms with E-state index in [-0.39, 0.29) is 11.3 Å². The van der Waals surface area contributed by atoms with Crippen LogP contribution in [-0.2, 0) is 17.6 Å². The van der Waals surface area contributed by atoms with Crippen molar-refractivity contribution in [3.8, 4) is 0 Å². The van der Waals surface area contributed by atoms with Crippen LogP contribution < -0.4 is 5.32 Å². The summed E-state index contributed by atoms with van der Waals surface area (Å²) in [7, 11) is 1.37. The summed E-state index contributed by atoms with van der Waals surface area (Å²) < 4.78 is 10.2. The predicted molar refractivity (Wildman–Crippen MR) is 102 cm³/mol. The fourth-order valence-electron chi connectivity index (χ4n) is 3.52. The van der Waals surface area contributed by atoms with Crippen LogP contribution in [0, 0.1) is 18.3 Å². The van der Waals surface area contributed by atoms with Gasteiger partial charge in [-0.15, -0.1) is 11.3 Å². The molecule has 0 aromatic carbocycles. The Bertz CT molecular complexity index is 841. The minimum Gasteiger partial charge on any atom is -0.469 e. The van der Waals surface area contributed by atoms with Crippen molar-refractivity contribution >= 4 is 28.2 Å². The first-order valence-corrected chi connectivity index (χ1v) is 9.62. The number of hydrogen-bond acceptors (Lipinski definition) is 5. The molecule has 5 nitrogen and oxygen atoms in total. The number of furan rings is 1. The fraction of sp³-hybridized carbons (Fsp3) is 0.500. The molecular formula is C20H25NO4S. The van der Waals surface area contributed by atoms with Crippen LogP contribution >= 0.6 is 11.3 Å². The lowest BCUT2D eigenvalue weighted by atomic mass is 9.72. The number of methoxy groups -OCH3 is 1. The van der Waals surface area contributed by atoms with E-state index in [4.69, 9.17) is 9.15 Å². The maximum atomic E-state index is 12.6. The summed E-state index contributed by atoms with van der Waals surface area (Å²) in [5.74, 6) is 0.443. The van der Waals surface area contributed by atoms with Crippen molar-refractivity contribution in [3.63, 3.8) is 0 Å². The summed E-state index contributed by atoms with van der Waals surface area (Å²) in [4.78, 5) is 26.2. The number of anilines is 1. The first-order valence-electron chi connectivity index (χ1n) is 8.80. The Labute approximate surface area is 157 Å². The molecule has 140 valence electrons. The second kappa shape index (κ2) is 6.91. The van der Waals surface area contributed by atoms with Crippen LogP contribution in [0.25, 0.3) is 0 Å². The van der Waals surface area contributed by atoms with E-state index in [0.717, 1.165) is 24.8 Å². The van der Waals surface area contributed by atoms with Crippen LogP contribution in [0.4, 0.5) is 5.00 Å². The second-order valence-electron chi connectivity index (χ2n) is 7.85. The van der Waals surface area contributed by atoms with Gasteiger partial charge in [0.25, 0.3) is 5.91 Å². The van der Waals surface area contributed by atoms with Crippen molar-refractivity contribution in [3.05, 3.63) is 39.7 Å². The largest absolute Gasteiger partial charge is 0.469 e. The number of carbonyl (C=O) groups excluding carboxylic acids is 2. The highest BCUT2D eigenvalue weighted by Gasteiger charge is 2.34. The molecule has 0 spiro atoms. The Morgan fingerprint density at radius 1 is 1.35 bits per heavy atom. The molecule has 1 N–H and O–H groups in total. The van der Waals surface area contributed by atoms with Crippen molar-refractivity contribution in [1.82, 2.24) is 0 Å². The third kappa shape index (κ3) is 3.43. The van der Waals surface area contributed by atoms with Gasteiger partial charge in [0.2, 0.25) is 0 Å². The van der Waals surface area contributed by atoms with Crippen molar-refractivity contribution < 1.29 is 18.7 Å². The highest BCUT2D eigenvalue weighted by atomic mass is 32.1. The molecule has 1 aliphatic rings. The summed E-state index contributed by atoms with van der Waals surface area (Å²) in [6.45, 7) is 8.50. The third-order valence-electron chi connectivity index (χ3n) is 5.21. The van der Waals surface area contributed by atoms with Gasteiger partial charge >= 0.3 is 5.97 Å². The number of ether oxygens (including phenoxy) is 1. The van der Waals surface area contributed by atoms with Gasteiger partial charge < -0.3 is 14.5 Å². The number of rotatable bonds is 3. The van der Waals surface area contributed by atoms with E-state index in [1.54, 1.807) is 13.0 Å². The van der Waals surface area contributed by atoms with E-state index >= 15 is 0 Å². The van der Waals surface area contributed by atoms with Crippen LogP contribution in [0.3, 0.4) is 0 Å². The lowest BCUT2D eigenvalue weighted by molar-refractivity contribution is 0.0600. The summed E-state index contributed by atoms with van der Waals surface area (Å²) in [5, 5.41) is 3.47. The van der Waals surface area contributed by atoms with E-state index < -0.39 is 5.97 Å². The summed E-state index contributed by atoms with van der Waals surface area (Å²) in [6, 6.07) is 1.63. The molecule has 0 saturated carbocycles. The molecule has 0 fully saturated rings. The third-order valence-corrected chi connectivity index (χ3v) is 6.38. The average Bonchev–Trinajstić information content (AvgIpc) is 3.15. The maximum Gasteiger partial charge on any atom is 0.341 e. The molecule has 2 aromatic heterocycles. The van der Waals surface area contributed by atoms with Gasteiger partial charge in [-0.05, 0) is 49.1 Å². The van der Waals surface area contributed by atoms with Gasteiger partial charge in [0.05, 0.1) is 24.5 Å². The maximum absolute atomic E-state index is 12.6. The van der Waals surface area contributed by atoms with Gasteiger partial charge in [0.1, 0.15) is 10.8 Å². The predicted octanol–water partition coefficient (Wildman–Crippen LogP) is 4.84. The minimum atomic E-state index is -0.393. The molecule has 6 heteroatoms. The zero-order chi connectivity index (χ0) is 19.1. The highest BCUT2D eigenvalue weighted by Crippen LogP contribution is 2.44. The van der Waals surface area contributed by atoms with E-state index in [2.05, 4.69) is 26.1 Å². The number of aryl methyl sites for hydroxylation is 1. The van der Waals surface area contributed by atoms with Crippen molar-refractivity contribution in [1.29, 1.82) is 0 Å². The molecule has 0 radical (unpaired) electrons. The van der Waals surface area contributed by atoms with Crippen molar-refractivity contribution in [2.75, 3.05) is 12.4 Å². The quantitative estimate of drug-likeness (QED) is 0.780.